The van der Waals surface area contributed by atoms with Crippen molar-refractivity contribution in [1.29, 1.82) is 0 Å². The lowest BCUT2D eigenvalue weighted by Gasteiger charge is -2.15. The van der Waals surface area contributed by atoms with Gasteiger partial charge in [0.1, 0.15) is 0 Å². The van der Waals surface area contributed by atoms with Crippen LogP contribution in [0, 0.1) is 0 Å². The number of ether oxygens (including phenoxy) is 1. The number of benzene rings is 2. The molecule has 1 N–H and O–H groups in total. The van der Waals surface area contributed by atoms with E-state index in [-0.39, 0.29) is 4.90 Å². The predicted octanol–water partition coefficient (Wildman–Crippen LogP) is 2.61. The molecular weight excluding hydrogens is 392 g/mol. The van der Waals surface area contributed by atoms with Gasteiger partial charge in [0.2, 0.25) is 10.0 Å². The van der Waals surface area contributed by atoms with E-state index in [1.165, 1.54) is 44.8 Å². The number of nitrogens with one attached hydrogen (secondary N) is 1. The summed E-state index contributed by atoms with van der Waals surface area (Å²) in [6.45, 7) is 1.47. The van der Waals surface area contributed by atoms with Crippen molar-refractivity contribution in [3.05, 3.63) is 59.2 Å². The third kappa shape index (κ3) is 4.65. The Labute approximate surface area is 170 Å². The van der Waals surface area contributed by atoms with Gasteiger partial charge in [0, 0.05) is 19.8 Å². The highest BCUT2D eigenvalue weighted by Crippen LogP contribution is 2.23. The van der Waals surface area contributed by atoms with E-state index in [0.717, 1.165) is 29.1 Å². The highest BCUT2D eigenvalue weighted by Gasteiger charge is 2.22. The molecule has 1 amide bonds. The van der Waals surface area contributed by atoms with Gasteiger partial charge in [-0.3, -0.25) is 4.79 Å². The zero-order valence-electron chi connectivity index (χ0n) is 16.6. The van der Waals surface area contributed by atoms with Crippen molar-refractivity contribution >= 4 is 27.6 Å². The molecule has 0 spiro atoms. The molecule has 1 aliphatic rings. The fourth-order valence-electron chi connectivity index (χ4n) is 3.17. The Kier molecular flexibility index (Phi) is 6.04. The summed E-state index contributed by atoms with van der Waals surface area (Å²) in [6.07, 6.45) is 2.00. The molecule has 29 heavy (non-hydrogen) atoms. The largest absolute Gasteiger partial charge is 0.449 e. The van der Waals surface area contributed by atoms with Gasteiger partial charge in [0.05, 0.1) is 10.5 Å². The van der Waals surface area contributed by atoms with E-state index < -0.39 is 28.0 Å². The molecule has 0 bridgehead atoms. The number of carbonyl (C=O) groups excluding carboxylic acids is 2. The van der Waals surface area contributed by atoms with Crippen LogP contribution in [-0.2, 0) is 32.4 Å². The van der Waals surface area contributed by atoms with Crippen LogP contribution in [0.3, 0.4) is 0 Å². The first-order valence-corrected chi connectivity index (χ1v) is 10.8. The molecular formula is C21H24N2O5S. The zero-order valence-corrected chi connectivity index (χ0v) is 17.5. The molecule has 0 saturated heterocycles. The second-order valence-electron chi connectivity index (χ2n) is 7.19. The average Bonchev–Trinajstić information content (AvgIpc) is 3.15. The summed E-state index contributed by atoms with van der Waals surface area (Å²) in [7, 11) is -0.756. The minimum atomic E-state index is -3.62. The van der Waals surface area contributed by atoms with Crippen LogP contribution in [0.4, 0.5) is 5.69 Å². The SMILES string of the molecule is C[C@H](OC(=O)c1ccc2c(c1)CCC2)C(=O)Nc1cccc(S(=O)(=O)N(C)C)c1. The van der Waals surface area contributed by atoms with Crippen molar-refractivity contribution in [2.45, 2.75) is 37.2 Å². The third-order valence-corrected chi connectivity index (χ3v) is 6.68. The van der Waals surface area contributed by atoms with Crippen LogP contribution in [-0.4, -0.2) is 44.8 Å². The maximum atomic E-state index is 12.4. The first-order chi connectivity index (χ1) is 13.7. The van der Waals surface area contributed by atoms with Crippen molar-refractivity contribution in [2.75, 3.05) is 19.4 Å². The zero-order chi connectivity index (χ0) is 21.2. The lowest BCUT2D eigenvalue weighted by Crippen LogP contribution is -2.30. The summed E-state index contributed by atoms with van der Waals surface area (Å²) in [5, 5.41) is 2.59. The number of fused-ring (bicyclic) bond motifs is 1. The summed E-state index contributed by atoms with van der Waals surface area (Å²) >= 11 is 0. The molecule has 154 valence electrons. The normalized spacial score (nSPS) is 14.3. The number of anilines is 1. The van der Waals surface area contributed by atoms with Gasteiger partial charge >= 0.3 is 5.97 Å². The first-order valence-electron chi connectivity index (χ1n) is 9.35. The molecule has 3 rings (SSSR count). The molecule has 2 aromatic rings. The minimum absolute atomic E-state index is 0.0584. The second-order valence-corrected chi connectivity index (χ2v) is 9.34. The number of esters is 1. The van der Waals surface area contributed by atoms with Gasteiger partial charge in [-0.2, -0.15) is 0 Å². The number of hydrogen-bond donors (Lipinski definition) is 1. The van der Waals surface area contributed by atoms with Crippen molar-refractivity contribution in [2.24, 2.45) is 0 Å². The van der Waals surface area contributed by atoms with Crippen LogP contribution >= 0.6 is 0 Å². The summed E-state index contributed by atoms with van der Waals surface area (Å²) in [6, 6.07) is 11.4. The smallest absolute Gasteiger partial charge is 0.338 e. The van der Waals surface area contributed by atoms with Gasteiger partial charge in [-0.1, -0.05) is 12.1 Å². The van der Waals surface area contributed by atoms with Crippen LogP contribution in [0.25, 0.3) is 0 Å². The molecule has 8 heteroatoms. The second kappa shape index (κ2) is 8.34. The van der Waals surface area contributed by atoms with Gasteiger partial charge in [0.25, 0.3) is 5.91 Å². The van der Waals surface area contributed by atoms with E-state index in [9.17, 15) is 18.0 Å². The van der Waals surface area contributed by atoms with E-state index in [1.54, 1.807) is 12.1 Å². The molecule has 0 fully saturated rings. The molecule has 0 saturated carbocycles. The fraction of sp³-hybridized carbons (Fsp3) is 0.333. The van der Waals surface area contributed by atoms with E-state index in [2.05, 4.69) is 5.32 Å². The number of aryl methyl sites for hydroxylation is 2. The number of carbonyl (C=O) groups is 2. The van der Waals surface area contributed by atoms with Crippen LogP contribution in [0.1, 0.15) is 34.8 Å². The van der Waals surface area contributed by atoms with Crippen molar-refractivity contribution in [3.63, 3.8) is 0 Å². The molecule has 1 atom stereocenters. The molecule has 0 aromatic heterocycles. The van der Waals surface area contributed by atoms with Crippen molar-refractivity contribution < 1.29 is 22.7 Å². The Hall–Kier alpha value is -2.71. The lowest BCUT2D eigenvalue weighted by molar-refractivity contribution is -0.123. The molecule has 1 aliphatic carbocycles. The van der Waals surface area contributed by atoms with Crippen LogP contribution in [0.5, 0.6) is 0 Å². The summed E-state index contributed by atoms with van der Waals surface area (Å²) in [5.41, 5.74) is 3.12. The van der Waals surface area contributed by atoms with E-state index >= 15 is 0 Å². The maximum absolute atomic E-state index is 12.4. The van der Waals surface area contributed by atoms with Crippen LogP contribution in [0.2, 0.25) is 0 Å². The molecule has 0 unspecified atom stereocenters. The highest BCUT2D eigenvalue weighted by molar-refractivity contribution is 7.89. The topological polar surface area (TPSA) is 92.8 Å². The average molecular weight is 416 g/mol. The van der Waals surface area contributed by atoms with Gasteiger partial charge < -0.3 is 10.1 Å². The monoisotopic (exact) mass is 416 g/mol. The van der Waals surface area contributed by atoms with Crippen LogP contribution < -0.4 is 5.32 Å². The summed E-state index contributed by atoms with van der Waals surface area (Å²) < 4.78 is 30.8. The predicted molar refractivity (Wildman–Crippen MR) is 109 cm³/mol. The lowest BCUT2D eigenvalue weighted by atomic mass is 10.1. The van der Waals surface area contributed by atoms with Crippen molar-refractivity contribution in [3.8, 4) is 0 Å². The molecule has 0 aliphatic heterocycles. The Morgan fingerprint density at radius 2 is 1.79 bits per heavy atom. The van der Waals surface area contributed by atoms with Crippen LogP contribution in [0.15, 0.2) is 47.4 Å². The number of sulfonamides is 1. The van der Waals surface area contributed by atoms with Crippen molar-refractivity contribution in [1.82, 2.24) is 4.31 Å². The summed E-state index contributed by atoms with van der Waals surface area (Å²) in [4.78, 5) is 24.9. The fourth-order valence-corrected chi connectivity index (χ4v) is 4.12. The Bertz CT molecular complexity index is 1050. The number of rotatable bonds is 6. The molecule has 0 heterocycles. The Balaban J connectivity index is 1.66. The Morgan fingerprint density at radius 1 is 1.07 bits per heavy atom. The molecule has 7 nitrogen and oxygen atoms in total. The summed E-state index contributed by atoms with van der Waals surface area (Å²) in [5.74, 6) is -1.11. The molecule has 2 aromatic carbocycles. The third-order valence-electron chi connectivity index (χ3n) is 4.87. The van der Waals surface area contributed by atoms with E-state index in [1.807, 2.05) is 12.1 Å². The quantitative estimate of drug-likeness (QED) is 0.731. The number of hydrogen-bond acceptors (Lipinski definition) is 5. The van der Waals surface area contributed by atoms with Gasteiger partial charge in [-0.25, -0.2) is 17.5 Å². The van der Waals surface area contributed by atoms with Gasteiger partial charge in [-0.15, -0.1) is 0 Å². The minimum Gasteiger partial charge on any atom is -0.449 e. The van der Waals surface area contributed by atoms with Gasteiger partial charge in [0.15, 0.2) is 6.10 Å². The molecule has 0 radical (unpaired) electrons. The van der Waals surface area contributed by atoms with E-state index in [0.29, 0.717) is 11.3 Å². The van der Waals surface area contributed by atoms with Gasteiger partial charge in [-0.05, 0) is 67.6 Å². The standard InChI is InChI=1S/C21H24N2O5S/c1-14(28-21(25)17-11-10-15-6-4-7-16(15)12-17)20(24)22-18-8-5-9-19(13-18)29(26,27)23(2)3/h5,8-14H,4,6-7H2,1-3H3,(H,22,24)/t14-/m0/s1. The number of amides is 1. The Morgan fingerprint density at radius 3 is 2.52 bits per heavy atom. The highest BCUT2D eigenvalue weighted by atomic mass is 32.2. The first kappa shape index (κ1) is 21.0. The van der Waals surface area contributed by atoms with E-state index in [4.69, 9.17) is 4.74 Å². The number of nitrogens with zero attached hydrogens (tertiary/aromatic N) is 1. The maximum Gasteiger partial charge on any atom is 0.338 e.